The molecule has 5 rings (SSSR count). The first kappa shape index (κ1) is 15.8. The highest BCUT2D eigenvalue weighted by Crippen LogP contribution is 2.28. The normalized spacial score (nSPS) is 16.5. The Hall–Kier alpha value is -3.41. The van der Waals surface area contributed by atoms with E-state index in [4.69, 9.17) is 4.98 Å². The Morgan fingerprint density at radius 1 is 1.11 bits per heavy atom. The zero-order chi connectivity index (χ0) is 18.4. The van der Waals surface area contributed by atoms with E-state index in [1.807, 2.05) is 77.3 Å². The number of aromatic amines is 1. The van der Waals surface area contributed by atoms with Gasteiger partial charge in [-0.3, -0.25) is 4.79 Å². The van der Waals surface area contributed by atoms with E-state index in [2.05, 4.69) is 10.1 Å². The second kappa shape index (κ2) is 6.09. The number of fused-ring (bicyclic) bond motifs is 2. The van der Waals surface area contributed by atoms with Crippen molar-refractivity contribution in [2.45, 2.75) is 19.5 Å². The van der Waals surface area contributed by atoms with Crippen molar-refractivity contribution in [1.29, 1.82) is 0 Å². The predicted octanol–water partition coefficient (Wildman–Crippen LogP) is 3.64. The van der Waals surface area contributed by atoms with E-state index < -0.39 is 0 Å². The molecule has 4 aromatic rings. The summed E-state index contributed by atoms with van der Waals surface area (Å²) in [4.78, 5) is 22.9. The molecule has 0 bridgehead atoms. The number of amides is 1. The molecule has 134 valence electrons. The molecule has 2 aromatic carbocycles. The summed E-state index contributed by atoms with van der Waals surface area (Å²) in [5.74, 6) is 1.57. The van der Waals surface area contributed by atoms with Gasteiger partial charge in [0, 0.05) is 34.8 Å². The Labute approximate surface area is 156 Å². The number of hydrogen-bond acceptors (Lipinski definition) is 3. The summed E-state index contributed by atoms with van der Waals surface area (Å²) < 4.78 is 1.92. The molecule has 27 heavy (non-hydrogen) atoms. The van der Waals surface area contributed by atoms with E-state index >= 15 is 0 Å². The molecule has 6 nitrogen and oxygen atoms in total. The van der Waals surface area contributed by atoms with Crippen molar-refractivity contribution in [3.63, 3.8) is 0 Å². The SMILES string of the molecule is C[C@H]1c2nc(-c3ccccc3)nn2CCN1C(=O)c1ccc2[nH]ccc2c1. The van der Waals surface area contributed by atoms with Gasteiger partial charge in [-0.05, 0) is 31.2 Å². The van der Waals surface area contributed by atoms with E-state index in [1.165, 1.54) is 0 Å². The highest BCUT2D eigenvalue weighted by Gasteiger charge is 2.31. The number of aromatic nitrogens is 4. The first-order chi connectivity index (χ1) is 13.2. The summed E-state index contributed by atoms with van der Waals surface area (Å²) in [6, 6.07) is 17.6. The summed E-state index contributed by atoms with van der Waals surface area (Å²) in [6.07, 6.45) is 1.88. The van der Waals surface area contributed by atoms with Crippen molar-refractivity contribution >= 4 is 16.8 Å². The van der Waals surface area contributed by atoms with Gasteiger partial charge in [-0.1, -0.05) is 30.3 Å². The van der Waals surface area contributed by atoms with Crippen molar-refractivity contribution in [2.24, 2.45) is 0 Å². The highest BCUT2D eigenvalue weighted by atomic mass is 16.2. The monoisotopic (exact) mass is 357 g/mol. The Bertz CT molecular complexity index is 1130. The van der Waals surface area contributed by atoms with Crippen molar-refractivity contribution < 1.29 is 4.79 Å². The molecule has 1 N–H and O–H groups in total. The lowest BCUT2D eigenvalue weighted by Crippen LogP contribution is -2.41. The quantitative estimate of drug-likeness (QED) is 0.595. The molecule has 0 aliphatic carbocycles. The summed E-state index contributed by atoms with van der Waals surface area (Å²) in [7, 11) is 0. The Morgan fingerprint density at radius 3 is 2.81 bits per heavy atom. The van der Waals surface area contributed by atoms with E-state index in [1.54, 1.807) is 0 Å². The lowest BCUT2D eigenvalue weighted by atomic mass is 10.1. The van der Waals surface area contributed by atoms with Gasteiger partial charge < -0.3 is 9.88 Å². The van der Waals surface area contributed by atoms with Crippen LogP contribution in [0, 0.1) is 0 Å². The molecule has 1 aliphatic rings. The van der Waals surface area contributed by atoms with Crippen LogP contribution in [0.4, 0.5) is 0 Å². The molecule has 1 amide bonds. The standard InChI is InChI=1S/C21H19N5O/c1-14-20-23-19(15-5-3-2-4-6-15)24-26(20)12-11-25(14)21(27)17-7-8-18-16(13-17)9-10-22-18/h2-10,13-14,22H,11-12H2,1H3/t14-/m0/s1. The van der Waals surface area contributed by atoms with Crippen LogP contribution in [-0.2, 0) is 6.54 Å². The minimum atomic E-state index is -0.127. The average molecular weight is 357 g/mol. The van der Waals surface area contributed by atoms with Gasteiger partial charge in [-0.25, -0.2) is 9.67 Å². The molecule has 6 heteroatoms. The van der Waals surface area contributed by atoms with Gasteiger partial charge in [-0.2, -0.15) is 5.10 Å². The van der Waals surface area contributed by atoms with Crippen molar-refractivity contribution in [2.75, 3.05) is 6.54 Å². The van der Waals surface area contributed by atoms with Gasteiger partial charge in [0.1, 0.15) is 5.82 Å². The lowest BCUT2D eigenvalue weighted by Gasteiger charge is -2.33. The van der Waals surface area contributed by atoms with Crippen molar-refractivity contribution in [1.82, 2.24) is 24.6 Å². The van der Waals surface area contributed by atoms with Gasteiger partial charge in [0.25, 0.3) is 5.91 Å². The van der Waals surface area contributed by atoms with Crippen LogP contribution in [0.15, 0.2) is 60.8 Å². The third-order valence-electron chi connectivity index (χ3n) is 5.19. The second-order valence-electron chi connectivity index (χ2n) is 6.84. The Balaban J connectivity index is 1.46. The summed E-state index contributed by atoms with van der Waals surface area (Å²) in [5.41, 5.74) is 2.72. The molecule has 1 aliphatic heterocycles. The molecular formula is C21H19N5O. The fourth-order valence-corrected chi connectivity index (χ4v) is 3.70. The number of nitrogens with one attached hydrogen (secondary N) is 1. The summed E-state index contributed by atoms with van der Waals surface area (Å²) in [5, 5.41) is 5.68. The summed E-state index contributed by atoms with van der Waals surface area (Å²) >= 11 is 0. The van der Waals surface area contributed by atoms with E-state index in [9.17, 15) is 4.79 Å². The number of benzene rings is 2. The fourth-order valence-electron chi connectivity index (χ4n) is 3.70. The Morgan fingerprint density at radius 2 is 1.96 bits per heavy atom. The van der Waals surface area contributed by atoms with Crippen molar-refractivity contribution in [3.8, 4) is 11.4 Å². The smallest absolute Gasteiger partial charge is 0.254 e. The highest BCUT2D eigenvalue weighted by molar-refractivity contribution is 5.98. The van der Waals surface area contributed by atoms with Crippen LogP contribution in [0.25, 0.3) is 22.3 Å². The molecule has 0 saturated heterocycles. The molecule has 1 atom stereocenters. The molecule has 0 fully saturated rings. The number of nitrogens with zero attached hydrogens (tertiary/aromatic N) is 4. The van der Waals surface area contributed by atoms with Gasteiger partial charge in [-0.15, -0.1) is 0 Å². The van der Waals surface area contributed by atoms with Crippen LogP contribution in [-0.4, -0.2) is 37.1 Å². The third-order valence-corrected chi connectivity index (χ3v) is 5.19. The zero-order valence-corrected chi connectivity index (χ0v) is 15.0. The molecule has 2 aromatic heterocycles. The number of hydrogen-bond donors (Lipinski definition) is 1. The number of H-pyrrole nitrogens is 1. The Kier molecular flexibility index (Phi) is 3.57. The largest absolute Gasteiger partial charge is 0.361 e. The maximum absolute atomic E-state index is 13.1. The van der Waals surface area contributed by atoms with Crippen LogP contribution in [0.3, 0.4) is 0 Å². The maximum Gasteiger partial charge on any atom is 0.254 e. The predicted molar refractivity (Wildman–Crippen MR) is 103 cm³/mol. The minimum absolute atomic E-state index is 0.0288. The summed E-state index contributed by atoms with van der Waals surface area (Å²) in [6.45, 7) is 3.29. The van der Waals surface area contributed by atoms with Gasteiger partial charge in [0.15, 0.2) is 5.82 Å². The minimum Gasteiger partial charge on any atom is -0.361 e. The van der Waals surface area contributed by atoms with Gasteiger partial charge in [0.05, 0.1) is 12.6 Å². The molecule has 3 heterocycles. The topological polar surface area (TPSA) is 66.8 Å². The zero-order valence-electron chi connectivity index (χ0n) is 15.0. The third kappa shape index (κ3) is 2.61. The van der Waals surface area contributed by atoms with Crippen LogP contribution in [0.1, 0.15) is 29.1 Å². The van der Waals surface area contributed by atoms with Crippen LogP contribution >= 0.6 is 0 Å². The van der Waals surface area contributed by atoms with E-state index in [0.29, 0.717) is 24.5 Å². The molecule has 0 radical (unpaired) electrons. The lowest BCUT2D eigenvalue weighted by molar-refractivity contribution is 0.0631. The van der Waals surface area contributed by atoms with Crippen LogP contribution in [0.2, 0.25) is 0 Å². The fraction of sp³-hybridized carbons (Fsp3) is 0.190. The number of rotatable bonds is 2. The van der Waals surface area contributed by atoms with Crippen LogP contribution < -0.4 is 0 Å². The number of carbonyl (C=O) groups is 1. The van der Waals surface area contributed by atoms with Gasteiger partial charge >= 0.3 is 0 Å². The molecular weight excluding hydrogens is 338 g/mol. The van der Waals surface area contributed by atoms with E-state index in [0.717, 1.165) is 22.3 Å². The van der Waals surface area contributed by atoms with Crippen LogP contribution in [0.5, 0.6) is 0 Å². The average Bonchev–Trinajstić information content (AvgIpc) is 3.35. The maximum atomic E-state index is 13.1. The van der Waals surface area contributed by atoms with E-state index in [-0.39, 0.29) is 11.9 Å². The molecule has 0 spiro atoms. The molecule has 0 unspecified atom stereocenters. The first-order valence-electron chi connectivity index (χ1n) is 9.09. The van der Waals surface area contributed by atoms with Crippen molar-refractivity contribution in [3.05, 3.63) is 72.2 Å². The van der Waals surface area contributed by atoms with Gasteiger partial charge in [0.2, 0.25) is 0 Å². The number of carbonyl (C=O) groups excluding carboxylic acids is 1. The first-order valence-corrected chi connectivity index (χ1v) is 9.09. The molecule has 0 saturated carbocycles. The second-order valence-corrected chi connectivity index (χ2v) is 6.84.